The highest BCUT2D eigenvalue weighted by molar-refractivity contribution is 6.03. The summed E-state index contributed by atoms with van der Waals surface area (Å²) < 4.78 is 0. The van der Waals surface area contributed by atoms with Gasteiger partial charge in [0.25, 0.3) is 0 Å². The van der Waals surface area contributed by atoms with Gasteiger partial charge >= 0.3 is 0 Å². The van der Waals surface area contributed by atoms with E-state index in [1.807, 2.05) is 30.5 Å². The summed E-state index contributed by atoms with van der Waals surface area (Å²) >= 11 is 0. The quantitative estimate of drug-likeness (QED) is 0.361. The van der Waals surface area contributed by atoms with E-state index in [1.165, 1.54) is 5.56 Å². The highest BCUT2D eigenvalue weighted by Gasteiger charge is 2.15. The first-order valence-electron chi connectivity index (χ1n) is 10.4. The number of hydrogen-bond donors (Lipinski definition) is 1. The standard InChI is InChI=1S/C27H23N3O/c1-27(2,3)20-12-13-28-23(15-20)18-7-4-6-17(14-18)21-11-10-19-16-29-22-8-5-9-24(31)25(22)26(19)30-21/h4-16,30H,1-3H3. The van der Waals surface area contributed by atoms with Crippen molar-refractivity contribution >= 4 is 21.8 Å². The number of rotatable bonds is 2. The number of aromatic nitrogens is 3. The number of hydrogen-bond acceptors (Lipinski definition) is 3. The number of aromatic amines is 1. The molecular weight excluding hydrogens is 382 g/mol. The molecule has 152 valence electrons. The molecule has 0 aliphatic rings. The van der Waals surface area contributed by atoms with E-state index in [4.69, 9.17) is 0 Å². The van der Waals surface area contributed by atoms with E-state index in [1.54, 1.807) is 18.3 Å². The smallest absolute Gasteiger partial charge is 0.190 e. The Morgan fingerprint density at radius 1 is 0.839 bits per heavy atom. The zero-order valence-electron chi connectivity index (χ0n) is 17.8. The molecule has 0 aliphatic heterocycles. The van der Waals surface area contributed by atoms with Crippen LogP contribution in [-0.2, 0) is 5.41 Å². The second kappa shape index (κ2) is 7.17. The number of nitrogens with zero attached hydrogens (tertiary/aromatic N) is 2. The Hall–Kier alpha value is -3.79. The third kappa shape index (κ3) is 3.50. The number of H-pyrrole nitrogens is 1. The Bertz CT molecular complexity index is 1490. The summed E-state index contributed by atoms with van der Waals surface area (Å²) in [6.07, 6.45) is 3.68. The Morgan fingerprint density at radius 3 is 2.48 bits per heavy atom. The maximum Gasteiger partial charge on any atom is 0.190 e. The van der Waals surface area contributed by atoms with Crippen molar-refractivity contribution < 1.29 is 0 Å². The van der Waals surface area contributed by atoms with Crippen molar-refractivity contribution in [2.75, 3.05) is 0 Å². The molecule has 0 radical (unpaired) electrons. The van der Waals surface area contributed by atoms with Gasteiger partial charge in [-0.2, -0.15) is 0 Å². The molecule has 5 rings (SSSR count). The van der Waals surface area contributed by atoms with Gasteiger partial charge in [-0.05, 0) is 59.0 Å². The summed E-state index contributed by atoms with van der Waals surface area (Å²) in [5, 5.41) is 1.53. The van der Waals surface area contributed by atoms with Crippen molar-refractivity contribution in [3.63, 3.8) is 0 Å². The van der Waals surface area contributed by atoms with Crippen LogP contribution in [0, 0.1) is 0 Å². The Balaban J connectivity index is 1.65. The summed E-state index contributed by atoms with van der Waals surface area (Å²) in [7, 11) is 0. The SMILES string of the molecule is CC(C)(C)c1ccnc(-c2cccc(-c3ccc4cnc5cccc(=O)c5c4[nH]3)c2)c1. The van der Waals surface area contributed by atoms with Gasteiger partial charge in [0.05, 0.1) is 22.1 Å². The van der Waals surface area contributed by atoms with Gasteiger partial charge in [-0.1, -0.05) is 45.0 Å². The summed E-state index contributed by atoms with van der Waals surface area (Å²) in [6.45, 7) is 6.61. The van der Waals surface area contributed by atoms with Crippen molar-refractivity contribution in [2.24, 2.45) is 0 Å². The molecule has 31 heavy (non-hydrogen) atoms. The lowest BCUT2D eigenvalue weighted by Gasteiger charge is -2.19. The van der Waals surface area contributed by atoms with Crippen LogP contribution < -0.4 is 5.43 Å². The minimum Gasteiger partial charge on any atom is -0.354 e. The Morgan fingerprint density at radius 2 is 1.65 bits per heavy atom. The van der Waals surface area contributed by atoms with E-state index >= 15 is 0 Å². The zero-order valence-corrected chi connectivity index (χ0v) is 17.8. The summed E-state index contributed by atoms with van der Waals surface area (Å²) in [4.78, 5) is 25.0. The van der Waals surface area contributed by atoms with Gasteiger partial charge in [0.2, 0.25) is 0 Å². The molecule has 3 aromatic heterocycles. The monoisotopic (exact) mass is 405 g/mol. The molecule has 0 saturated carbocycles. The molecule has 0 aliphatic carbocycles. The molecule has 0 spiro atoms. The van der Waals surface area contributed by atoms with Crippen LogP contribution in [0.5, 0.6) is 0 Å². The highest BCUT2D eigenvalue weighted by atomic mass is 16.1. The van der Waals surface area contributed by atoms with Crippen LogP contribution in [-0.4, -0.2) is 15.0 Å². The van der Waals surface area contributed by atoms with E-state index in [0.29, 0.717) is 10.9 Å². The van der Waals surface area contributed by atoms with Crippen molar-refractivity contribution in [1.29, 1.82) is 0 Å². The lowest BCUT2D eigenvalue weighted by molar-refractivity contribution is 0.589. The lowest BCUT2D eigenvalue weighted by Crippen LogP contribution is -2.11. The molecule has 0 atom stereocenters. The molecule has 4 heteroatoms. The van der Waals surface area contributed by atoms with E-state index in [2.05, 4.69) is 66.1 Å². The van der Waals surface area contributed by atoms with Crippen molar-refractivity contribution in [2.45, 2.75) is 26.2 Å². The second-order valence-corrected chi connectivity index (χ2v) is 8.87. The molecule has 0 saturated heterocycles. The van der Waals surface area contributed by atoms with Crippen LogP contribution >= 0.6 is 0 Å². The van der Waals surface area contributed by atoms with E-state index in [0.717, 1.165) is 33.4 Å². The van der Waals surface area contributed by atoms with Gasteiger partial charge in [0.15, 0.2) is 5.43 Å². The first-order chi connectivity index (χ1) is 14.9. The fourth-order valence-corrected chi connectivity index (χ4v) is 3.91. The molecule has 4 nitrogen and oxygen atoms in total. The molecule has 2 aromatic carbocycles. The third-order valence-corrected chi connectivity index (χ3v) is 5.67. The molecule has 0 bridgehead atoms. The van der Waals surface area contributed by atoms with Gasteiger partial charge in [0.1, 0.15) is 0 Å². The number of benzene rings is 2. The van der Waals surface area contributed by atoms with Gasteiger partial charge < -0.3 is 4.98 Å². The van der Waals surface area contributed by atoms with Crippen LogP contribution in [0.1, 0.15) is 26.3 Å². The first-order valence-corrected chi connectivity index (χ1v) is 10.4. The third-order valence-electron chi connectivity index (χ3n) is 5.67. The van der Waals surface area contributed by atoms with Crippen LogP contribution in [0.25, 0.3) is 44.3 Å². The van der Waals surface area contributed by atoms with Crippen molar-refractivity contribution in [1.82, 2.24) is 15.0 Å². The van der Waals surface area contributed by atoms with Gasteiger partial charge in [-0.3, -0.25) is 14.8 Å². The van der Waals surface area contributed by atoms with Gasteiger partial charge in [-0.25, -0.2) is 0 Å². The van der Waals surface area contributed by atoms with Crippen molar-refractivity contribution in [3.05, 3.63) is 94.9 Å². The highest BCUT2D eigenvalue weighted by Crippen LogP contribution is 2.29. The average molecular weight is 406 g/mol. The average Bonchev–Trinajstić information content (AvgIpc) is 2.78. The number of nitrogens with one attached hydrogen (secondary N) is 1. The maximum absolute atomic E-state index is 12.5. The fourth-order valence-electron chi connectivity index (χ4n) is 3.91. The van der Waals surface area contributed by atoms with Crippen LogP contribution in [0.4, 0.5) is 0 Å². The zero-order chi connectivity index (χ0) is 21.6. The summed E-state index contributed by atoms with van der Waals surface area (Å²) in [5.74, 6) is 0. The number of pyridine rings is 3. The van der Waals surface area contributed by atoms with E-state index in [9.17, 15) is 4.79 Å². The van der Waals surface area contributed by atoms with E-state index in [-0.39, 0.29) is 10.8 Å². The summed E-state index contributed by atoms with van der Waals surface area (Å²) in [5.41, 5.74) is 6.78. The minimum atomic E-state index is -0.0269. The topological polar surface area (TPSA) is 58.6 Å². The summed E-state index contributed by atoms with van der Waals surface area (Å²) in [6, 6.07) is 21.8. The Labute approximate surface area is 180 Å². The minimum absolute atomic E-state index is 0.0269. The predicted molar refractivity (Wildman–Crippen MR) is 127 cm³/mol. The molecular formula is C27H23N3O. The predicted octanol–water partition coefficient (Wildman–Crippen LogP) is 6.10. The normalized spacial score (nSPS) is 11.8. The lowest BCUT2D eigenvalue weighted by atomic mass is 9.87. The van der Waals surface area contributed by atoms with Gasteiger partial charge in [0, 0.05) is 29.0 Å². The number of fused-ring (bicyclic) bond motifs is 3. The van der Waals surface area contributed by atoms with Crippen LogP contribution in [0.3, 0.4) is 0 Å². The maximum atomic E-state index is 12.5. The fraction of sp³-hybridized carbons (Fsp3) is 0.148. The van der Waals surface area contributed by atoms with E-state index < -0.39 is 0 Å². The first kappa shape index (κ1) is 19.2. The van der Waals surface area contributed by atoms with Crippen LogP contribution in [0.15, 0.2) is 83.9 Å². The van der Waals surface area contributed by atoms with Gasteiger partial charge in [-0.15, -0.1) is 0 Å². The molecule has 0 unspecified atom stereocenters. The molecule has 1 N–H and O–H groups in total. The molecule has 0 amide bonds. The Kier molecular flexibility index (Phi) is 4.44. The molecule has 5 aromatic rings. The largest absolute Gasteiger partial charge is 0.354 e. The molecule has 3 heterocycles. The second-order valence-electron chi connectivity index (χ2n) is 8.87. The van der Waals surface area contributed by atoms with Crippen molar-refractivity contribution in [3.8, 4) is 22.5 Å². The molecule has 0 fully saturated rings. The van der Waals surface area contributed by atoms with Crippen LogP contribution in [0.2, 0.25) is 0 Å².